The number of hydrogen-bond acceptors (Lipinski definition) is 3. The molecule has 3 rings (SSSR count). The number of aromatic amines is 1. The van der Waals surface area contributed by atoms with Crippen LogP contribution in [0.5, 0.6) is 0 Å². The van der Waals surface area contributed by atoms with E-state index in [4.69, 9.17) is 11.6 Å². The van der Waals surface area contributed by atoms with Gasteiger partial charge in [-0.1, -0.05) is 11.6 Å². The fourth-order valence-electron chi connectivity index (χ4n) is 2.07. The summed E-state index contributed by atoms with van der Waals surface area (Å²) in [4.78, 5) is 16.3. The summed E-state index contributed by atoms with van der Waals surface area (Å²) >= 11 is 5.78. The van der Waals surface area contributed by atoms with Crippen LogP contribution in [0.4, 0.5) is 14.5 Å². The van der Waals surface area contributed by atoms with Crippen LogP contribution < -0.4 is 5.32 Å². The molecule has 5 nitrogen and oxygen atoms in total. The van der Waals surface area contributed by atoms with Gasteiger partial charge in [-0.25, -0.2) is 13.8 Å². The molecule has 0 saturated heterocycles. The number of carbonyl (C=O) groups is 1. The molecule has 122 valence electrons. The van der Waals surface area contributed by atoms with Crippen LogP contribution in [0.15, 0.2) is 36.4 Å². The van der Waals surface area contributed by atoms with Crippen LogP contribution in [0.25, 0.3) is 11.4 Å². The summed E-state index contributed by atoms with van der Waals surface area (Å²) in [5, 5.41) is 9.18. The number of aromatic nitrogens is 3. The Morgan fingerprint density at radius 1 is 1.17 bits per heavy atom. The average molecular weight is 349 g/mol. The fraction of sp³-hybridized carbons (Fsp3) is 0.0625. The zero-order chi connectivity index (χ0) is 17.3. The summed E-state index contributed by atoms with van der Waals surface area (Å²) in [6.45, 7) is 1.79. The first kappa shape index (κ1) is 16.1. The van der Waals surface area contributed by atoms with E-state index in [1.54, 1.807) is 31.2 Å². The van der Waals surface area contributed by atoms with E-state index < -0.39 is 17.5 Å². The SMILES string of the molecule is Cc1nc(-c2ccc(NC(=O)c3cc(F)c(F)cc3Cl)cc2)n[nH]1. The van der Waals surface area contributed by atoms with Crippen molar-refractivity contribution in [3.05, 3.63) is 64.4 Å². The monoisotopic (exact) mass is 348 g/mol. The van der Waals surface area contributed by atoms with Gasteiger partial charge in [-0.05, 0) is 43.3 Å². The number of hydrogen-bond donors (Lipinski definition) is 2. The number of nitrogens with one attached hydrogen (secondary N) is 2. The van der Waals surface area contributed by atoms with E-state index in [1.165, 1.54) is 0 Å². The van der Waals surface area contributed by atoms with Crippen molar-refractivity contribution < 1.29 is 13.6 Å². The van der Waals surface area contributed by atoms with Gasteiger partial charge in [0, 0.05) is 11.3 Å². The smallest absolute Gasteiger partial charge is 0.257 e. The largest absolute Gasteiger partial charge is 0.322 e. The van der Waals surface area contributed by atoms with E-state index in [1.807, 2.05) is 0 Å². The zero-order valence-electron chi connectivity index (χ0n) is 12.4. The number of H-pyrrole nitrogens is 1. The van der Waals surface area contributed by atoms with Crippen LogP contribution in [0.1, 0.15) is 16.2 Å². The third-order valence-electron chi connectivity index (χ3n) is 3.25. The van der Waals surface area contributed by atoms with Gasteiger partial charge in [0.1, 0.15) is 5.82 Å². The summed E-state index contributed by atoms with van der Waals surface area (Å²) < 4.78 is 26.3. The third kappa shape index (κ3) is 3.26. The van der Waals surface area contributed by atoms with Gasteiger partial charge in [-0.15, -0.1) is 0 Å². The molecule has 0 fully saturated rings. The van der Waals surface area contributed by atoms with Crippen molar-refractivity contribution in [3.8, 4) is 11.4 Å². The number of benzene rings is 2. The van der Waals surface area contributed by atoms with Crippen LogP contribution >= 0.6 is 11.6 Å². The topological polar surface area (TPSA) is 70.7 Å². The molecule has 2 N–H and O–H groups in total. The van der Waals surface area contributed by atoms with E-state index in [0.29, 0.717) is 17.3 Å². The van der Waals surface area contributed by atoms with Crippen LogP contribution in [0, 0.1) is 18.6 Å². The van der Waals surface area contributed by atoms with Crippen LogP contribution in [-0.4, -0.2) is 21.1 Å². The van der Waals surface area contributed by atoms with Gasteiger partial charge in [-0.2, -0.15) is 5.10 Å². The highest BCUT2D eigenvalue weighted by atomic mass is 35.5. The van der Waals surface area contributed by atoms with Gasteiger partial charge >= 0.3 is 0 Å². The van der Waals surface area contributed by atoms with E-state index >= 15 is 0 Å². The minimum absolute atomic E-state index is 0.149. The lowest BCUT2D eigenvalue weighted by atomic mass is 10.1. The van der Waals surface area contributed by atoms with Gasteiger partial charge in [0.2, 0.25) is 0 Å². The van der Waals surface area contributed by atoms with Crippen LogP contribution in [0.3, 0.4) is 0 Å². The number of amides is 1. The number of carbonyl (C=O) groups excluding carboxylic acids is 1. The van der Waals surface area contributed by atoms with Gasteiger partial charge in [0.25, 0.3) is 5.91 Å². The molecule has 1 amide bonds. The molecule has 0 unspecified atom stereocenters. The Morgan fingerprint density at radius 3 is 2.46 bits per heavy atom. The normalized spacial score (nSPS) is 10.7. The maximum atomic E-state index is 13.3. The Kier molecular flexibility index (Phi) is 4.26. The van der Waals surface area contributed by atoms with Gasteiger partial charge in [-0.3, -0.25) is 9.89 Å². The summed E-state index contributed by atoms with van der Waals surface area (Å²) in [7, 11) is 0. The molecule has 24 heavy (non-hydrogen) atoms. The lowest BCUT2D eigenvalue weighted by Crippen LogP contribution is -2.13. The molecule has 0 bridgehead atoms. The van der Waals surface area contributed by atoms with Gasteiger partial charge < -0.3 is 5.32 Å². The van der Waals surface area contributed by atoms with Crippen molar-refractivity contribution in [2.45, 2.75) is 6.92 Å². The van der Waals surface area contributed by atoms with E-state index in [9.17, 15) is 13.6 Å². The standard InChI is InChI=1S/C16H11ClF2N4O/c1-8-20-15(23-22-8)9-2-4-10(5-3-9)21-16(24)11-6-13(18)14(19)7-12(11)17/h2-7H,1H3,(H,21,24)(H,20,22,23). The maximum absolute atomic E-state index is 13.3. The molecular formula is C16H11ClF2N4O. The van der Waals surface area contributed by atoms with Gasteiger partial charge in [0.05, 0.1) is 10.6 Å². The van der Waals surface area contributed by atoms with Crippen molar-refractivity contribution in [2.24, 2.45) is 0 Å². The highest BCUT2D eigenvalue weighted by Crippen LogP contribution is 2.22. The second-order valence-corrected chi connectivity index (χ2v) is 5.43. The molecule has 8 heteroatoms. The quantitative estimate of drug-likeness (QED) is 0.704. The molecule has 0 aliphatic carbocycles. The van der Waals surface area contributed by atoms with Crippen LogP contribution in [-0.2, 0) is 0 Å². The number of rotatable bonds is 3. The fourth-order valence-corrected chi connectivity index (χ4v) is 2.31. The molecular weight excluding hydrogens is 338 g/mol. The summed E-state index contributed by atoms with van der Waals surface area (Å²) in [6, 6.07) is 8.27. The molecule has 0 atom stereocenters. The highest BCUT2D eigenvalue weighted by molar-refractivity contribution is 6.34. The molecule has 0 spiro atoms. The summed E-state index contributed by atoms with van der Waals surface area (Å²) in [5.74, 6) is -1.66. The Labute approximate surface area is 140 Å². The van der Waals surface area contributed by atoms with Crippen molar-refractivity contribution in [1.82, 2.24) is 15.2 Å². The predicted octanol–water partition coefficient (Wildman–Crippen LogP) is 3.96. The van der Waals surface area contributed by atoms with Crippen molar-refractivity contribution >= 4 is 23.2 Å². The molecule has 3 aromatic rings. The Bertz CT molecular complexity index is 909. The van der Waals surface area contributed by atoms with E-state index in [-0.39, 0.29) is 10.6 Å². The lowest BCUT2D eigenvalue weighted by Gasteiger charge is -2.08. The van der Waals surface area contributed by atoms with Crippen LogP contribution in [0.2, 0.25) is 5.02 Å². The number of halogens is 3. The number of aryl methyl sites for hydroxylation is 1. The number of anilines is 1. The Balaban J connectivity index is 1.79. The van der Waals surface area contributed by atoms with E-state index in [2.05, 4.69) is 20.5 Å². The zero-order valence-corrected chi connectivity index (χ0v) is 13.2. The number of nitrogens with zero attached hydrogens (tertiary/aromatic N) is 2. The first-order valence-corrected chi connectivity index (χ1v) is 7.27. The molecule has 0 aliphatic rings. The molecule has 0 radical (unpaired) electrons. The Hall–Kier alpha value is -2.80. The van der Waals surface area contributed by atoms with Gasteiger partial charge in [0.15, 0.2) is 17.5 Å². The minimum atomic E-state index is -1.14. The summed E-state index contributed by atoms with van der Waals surface area (Å²) in [5.41, 5.74) is 1.09. The predicted molar refractivity (Wildman–Crippen MR) is 85.9 cm³/mol. The van der Waals surface area contributed by atoms with Crippen molar-refractivity contribution in [2.75, 3.05) is 5.32 Å². The Morgan fingerprint density at radius 2 is 1.83 bits per heavy atom. The molecule has 0 aliphatic heterocycles. The second kappa shape index (κ2) is 6.37. The highest BCUT2D eigenvalue weighted by Gasteiger charge is 2.15. The van der Waals surface area contributed by atoms with Crippen molar-refractivity contribution in [1.29, 1.82) is 0 Å². The summed E-state index contributed by atoms with van der Waals surface area (Å²) in [6.07, 6.45) is 0. The second-order valence-electron chi connectivity index (χ2n) is 5.02. The molecule has 1 aromatic heterocycles. The molecule has 2 aromatic carbocycles. The first-order valence-electron chi connectivity index (χ1n) is 6.89. The van der Waals surface area contributed by atoms with Crippen molar-refractivity contribution in [3.63, 3.8) is 0 Å². The lowest BCUT2D eigenvalue weighted by molar-refractivity contribution is 0.102. The average Bonchev–Trinajstić information content (AvgIpc) is 2.98. The minimum Gasteiger partial charge on any atom is -0.322 e. The van der Waals surface area contributed by atoms with E-state index in [0.717, 1.165) is 17.7 Å². The maximum Gasteiger partial charge on any atom is 0.257 e. The first-order chi connectivity index (χ1) is 11.4. The molecule has 1 heterocycles. The third-order valence-corrected chi connectivity index (χ3v) is 3.57. The molecule has 0 saturated carbocycles.